The summed E-state index contributed by atoms with van der Waals surface area (Å²) in [5.74, 6) is -0.640. The summed E-state index contributed by atoms with van der Waals surface area (Å²) >= 11 is 0. The third kappa shape index (κ3) is 5.18. The zero-order valence-electron chi connectivity index (χ0n) is 15.6. The number of hydrogen-bond donors (Lipinski definition) is 2. The van der Waals surface area contributed by atoms with Gasteiger partial charge in [0, 0.05) is 11.4 Å². The minimum absolute atomic E-state index is 0.0925. The molecule has 0 radical (unpaired) electrons. The highest BCUT2D eigenvalue weighted by Gasteiger charge is 2.19. The van der Waals surface area contributed by atoms with E-state index >= 15 is 0 Å². The number of carbonyl (C=O) groups is 2. The van der Waals surface area contributed by atoms with E-state index in [4.69, 9.17) is 0 Å². The van der Waals surface area contributed by atoms with Crippen LogP contribution in [0.4, 0.5) is 11.4 Å². The lowest BCUT2D eigenvalue weighted by molar-refractivity contribution is -0.123. The van der Waals surface area contributed by atoms with Gasteiger partial charge in [-0.1, -0.05) is 51.1 Å². The van der Waals surface area contributed by atoms with Crippen LogP contribution in [0, 0.1) is 13.8 Å². The molecule has 2 rings (SSSR count). The molecule has 0 aliphatic heterocycles. The molecule has 4 heteroatoms. The van der Waals surface area contributed by atoms with Gasteiger partial charge >= 0.3 is 0 Å². The van der Waals surface area contributed by atoms with Crippen LogP contribution in [0.1, 0.15) is 43.9 Å². The summed E-state index contributed by atoms with van der Waals surface area (Å²) in [4.78, 5) is 24.5. The van der Waals surface area contributed by atoms with Crippen molar-refractivity contribution in [2.24, 2.45) is 0 Å². The maximum Gasteiger partial charge on any atom is 0.233 e. The molecule has 0 fully saturated rings. The molecule has 0 heterocycles. The van der Waals surface area contributed by atoms with E-state index in [1.54, 1.807) is 0 Å². The summed E-state index contributed by atoms with van der Waals surface area (Å²) in [7, 11) is 0. The maximum atomic E-state index is 12.3. The highest BCUT2D eigenvalue weighted by atomic mass is 16.2. The molecule has 2 aromatic carbocycles. The highest BCUT2D eigenvalue weighted by molar-refractivity contribution is 6.08. The summed E-state index contributed by atoms with van der Waals surface area (Å²) in [5, 5.41) is 5.67. The van der Waals surface area contributed by atoms with Crippen LogP contribution < -0.4 is 10.6 Å². The molecule has 2 amide bonds. The Bertz CT molecular complexity index is 789. The summed E-state index contributed by atoms with van der Waals surface area (Å²) in [6, 6.07) is 13.5. The Morgan fingerprint density at radius 3 is 2.12 bits per heavy atom. The Morgan fingerprint density at radius 1 is 0.880 bits per heavy atom. The minimum Gasteiger partial charge on any atom is -0.325 e. The zero-order chi connectivity index (χ0) is 18.6. The smallest absolute Gasteiger partial charge is 0.233 e. The van der Waals surface area contributed by atoms with E-state index in [1.807, 2.05) is 56.3 Å². The average molecular weight is 338 g/mol. The number of amides is 2. The third-order valence-electron chi connectivity index (χ3n) is 4.00. The standard InChI is InChI=1S/C21H26N2O2/c1-14-10-11-15(2)18(12-14)23-20(25)13-19(24)22-17-9-7-6-8-16(17)21(3,4)5/h6-12H,13H2,1-5H3,(H,22,24)(H,23,25). The maximum absolute atomic E-state index is 12.3. The van der Waals surface area contributed by atoms with E-state index in [0.717, 1.165) is 28.1 Å². The predicted molar refractivity (Wildman–Crippen MR) is 103 cm³/mol. The SMILES string of the molecule is Cc1ccc(C)c(NC(=O)CC(=O)Nc2ccccc2C(C)(C)C)c1. The van der Waals surface area contributed by atoms with Gasteiger partial charge in [0.2, 0.25) is 11.8 Å². The first-order chi connectivity index (χ1) is 11.7. The molecule has 4 nitrogen and oxygen atoms in total. The molecule has 0 aliphatic rings. The first-order valence-corrected chi connectivity index (χ1v) is 8.43. The fourth-order valence-corrected chi connectivity index (χ4v) is 2.65. The Balaban J connectivity index is 2.03. The van der Waals surface area contributed by atoms with Crippen molar-refractivity contribution in [3.63, 3.8) is 0 Å². The molecule has 2 aromatic rings. The Kier molecular flexibility index (Phi) is 5.62. The van der Waals surface area contributed by atoms with Gasteiger partial charge in [0.1, 0.15) is 6.42 Å². The predicted octanol–water partition coefficient (Wildman–Crippen LogP) is 4.57. The topological polar surface area (TPSA) is 58.2 Å². The van der Waals surface area contributed by atoms with Crippen molar-refractivity contribution in [1.82, 2.24) is 0 Å². The average Bonchev–Trinajstić information content (AvgIpc) is 2.50. The van der Waals surface area contributed by atoms with Crippen LogP contribution in [0.2, 0.25) is 0 Å². The summed E-state index contributed by atoms with van der Waals surface area (Å²) in [6.07, 6.45) is -0.216. The number of hydrogen-bond acceptors (Lipinski definition) is 2. The Hall–Kier alpha value is -2.62. The van der Waals surface area contributed by atoms with Crippen molar-refractivity contribution in [2.45, 2.75) is 46.5 Å². The molecule has 0 unspecified atom stereocenters. The van der Waals surface area contributed by atoms with E-state index in [9.17, 15) is 9.59 Å². The van der Waals surface area contributed by atoms with E-state index in [2.05, 4.69) is 31.4 Å². The van der Waals surface area contributed by atoms with Crippen molar-refractivity contribution in [2.75, 3.05) is 10.6 Å². The third-order valence-corrected chi connectivity index (χ3v) is 4.00. The van der Waals surface area contributed by atoms with Crippen molar-refractivity contribution >= 4 is 23.2 Å². The number of aryl methyl sites for hydroxylation is 2. The van der Waals surface area contributed by atoms with Gasteiger partial charge in [0.15, 0.2) is 0 Å². The summed E-state index contributed by atoms with van der Waals surface area (Å²) < 4.78 is 0. The van der Waals surface area contributed by atoms with Crippen LogP contribution in [-0.4, -0.2) is 11.8 Å². The number of anilines is 2. The molecule has 0 aromatic heterocycles. The Morgan fingerprint density at radius 2 is 1.48 bits per heavy atom. The van der Waals surface area contributed by atoms with Crippen LogP contribution in [0.3, 0.4) is 0 Å². The van der Waals surface area contributed by atoms with E-state index in [1.165, 1.54) is 0 Å². The lowest BCUT2D eigenvalue weighted by Gasteiger charge is -2.23. The van der Waals surface area contributed by atoms with E-state index in [-0.39, 0.29) is 23.7 Å². The van der Waals surface area contributed by atoms with Gasteiger partial charge in [-0.3, -0.25) is 9.59 Å². The van der Waals surface area contributed by atoms with Crippen molar-refractivity contribution in [3.05, 3.63) is 59.2 Å². The lowest BCUT2D eigenvalue weighted by atomic mass is 9.86. The molecule has 0 bridgehead atoms. The molecule has 132 valence electrons. The fraction of sp³-hybridized carbons (Fsp3) is 0.333. The molecule has 0 saturated heterocycles. The first-order valence-electron chi connectivity index (χ1n) is 8.43. The first kappa shape index (κ1) is 18.7. The molecule has 2 N–H and O–H groups in total. The molecule has 0 aliphatic carbocycles. The van der Waals surface area contributed by atoms with Gasteiger partial charge in [-0.15, -0.1) is 0 Å². The van der Waals surface area contributed by atoms with Gasteiger partial charge in [-0.25, -0.2) is 0 Å². The second-order valence-electron chi connectivity index (χ2n) is 7.39. The van der Waals surface area contributed by atoms with E-state index in [0.29, 0.717) is 0 Å². The number of para-hydroxylation sites is 1. The minimum atomic E-state index is -0.320. The number of nitrogens with one attached hydrogen (secondary N) is 2. The summed E-state index contributed by atoms with van der Waals surface area (Å²) in [6.45, 7) is 10.2. The molecule has 0 spiro atoms. The number of benzene rings is 2. The molecule has 25 heavy (non-hydrogen) atoms. The van der Waals surface area contributed by atoms with Crippen LogP contribution in [-0.2, 0) is 15.0 Å². The molecule has 0 saturated carbocycles. The van der Waals surface area contributed by atoms with Crippen molar-refractivity contribution in [3.8, 4) is 0 Å². The lowest BCUT2D eigenvalue weighted by Crippen LogP contribution is -2.23. The molecular formula is C21H26N2O2. The fourth-order valence-electron chi connectivity index (χ4n) is 2.65. The van der Waals surface area contributed by atoms with Crippen LogP contribution in [0.5, 0.6) is 0 Å². The van der Waals surface area contributed by atoms with Crippen molar-refractivity contribution < 1.29 is 9.59 Å². The number of rotatable bonds is 4. The van der Waals surface area contributed by atoms with Gasteiger partial charge in [-0.05, 0) is 48.1 Å². The van der Waals surface area contributed by atoms with Crippen molar-refractivity contribution in [1.29, 1.82) is 0 Å². The Labute approximate surface area is 149 Å². The zero-order valence-corrected chi connectivity index (χ0v) is 15.6. The van der Waals surface area contributed by atoms with Crippen LogP contribution in [0.25, 0.3) is 0 Å². The van der Waals surface area contributed by atoms with Crippen LogP contribution >= 0.6 is 0 Å². The summed E-state index contributed by atoms with van der Waals surface area (Å²) in [5.41, 5.74) is 4.47. The molecular weight excluding hydrogens is 312 g/mol. The molecule has 0 atom stereocenters. The van der Waals surface area contributed by atoms with Gasteiger partial charge < -0.3 is 10.6 Å². The largest absolute Gasteiger partial charge is 0.325 e. The quantitative estimate of drug-likeness (QED) is 0.802. The van der Waals surface area contributed by atoms with E-state index < -0.39 is 0 Å². The second kappa shape index (κ2) is 7.51. The second-order valence-corrected chi connectivity index (χ2v) is 7.39. The van der Waals surface area contributed by atoms with Gasteiger partial charge in [0.05, 0.1) is 0 Å². The highest BCUT2D eigenvalue weighted by Crippen LogP contribution is 2.29. The normalized spacial score (nSPS) is 11.1. The monoisotopic (exact) mass is 338 g/mol. The number of carbonyl (C=O) groups excluding carboxylic acids is 2. The van der Waals surface area contributed by atoms with Gasteiger partial charge in [0.25, 0.3) is 0 Å². The van der Waals surface area contributed by atoms with Gasteiger partial charge in [-0.2, -0.15) is 0 Å². The van der Waals surface area contributed by atoms with Crippen LogP contribution in [0.15, 0.2) is 42.5 Å².